The van der Waals surface area contributed by atoms with E-state index in [4.69, 9.17) is 4.74 Å². The lowest BCUT2D eigenvalue weighted by molar-refractivity contribution is 0.292. The molecule has 1 unspecified atom stereocenters. The molecule has 0 aliphatic rings. The second-order valence-electron chi connectivity index (χ2n) is 6.14. The second kappa shape index (κ2) is 12.5. The normalized spacial score (nSPS) is 13.0. The minimum Gasteiger partial charge on any atom is -0.489 e. The van der Waals surface area contributed by atoms with E-state index in [1.807, 2.05) is 0 Å². The van der Waals surface area contributed by atoms with Gasteiger partial charge >= 0.3 is 0 Å². The molecular formula is C19H32F2N4O. The fourth-order valence-corrected chi connectivity index (χ4v) is 2.58. The van der Waals surface area contributed by atoms with Crippen LogP contribution in [-0.2, 0) is 0 Å². The van der Waals surface area contributed by atoms with Gasteiger partial charge in [-0.05, 0) is 51.5 Å². The van der Waals surface area contributed by atoms with Gasteiger partial charge in [0.1, 0.15) is 12.4 Å². The molecule has 0 aliphatic carbocycles. The van der Waals surface area contributed by atoms with Gasteiger partial charge in [-0.25, -0.2) is 8.78 Å². The van der Waals surface area contributed by atoms with Crippen molar-refractivity contribution >= 4 is 5.96 Å². The molecule has 7 heteroatoms. The summed E-state index contributed by atoms with van der Waals surface area (Å²) in [5, 5.41) is 6.46. The number of benzene rings is 1. The first kappa shape index (κ1) is 22.2. The van der Waals surface area contributed by atoms with Crippen molar-refractivity contribution in [3.63, 3.8) is 0 Å². The summed E-state index contributed by atoms with van der Waals surface area (Å²) in [7, 11) is 1.71. The van der Waals surface area contributed by atoms with Crippen molar-refractivity contribution in [2.45, 2.75) is 39.7 Å². The van der Waals surface area contributed by atoms with Crippen LogP contribution in [0.2, 0.25) is 0 Å². The Labute approximate surface area is 155 Å². The minimum absolute atomic E-state index is 0.0425. The van der Waals surface area contributed by atoms with E-state index in [2.05, 4.69) is 41.3 Å². The SMILES string of the molecule is CCN(CC)CCCC(C)NC(=NC)NCCOc1ccc(F)cc1F. The molecule has 1 atom stereocenters. The summed E-state index contributed by atoms with van der Waals surface area (Å²) in [6.45, 7) is 10.4. The molecule has 148 valence electrons. The van der Waals surface area contributed by atoms with E-state index in [0.29, 0.717) is 18.5 Å². The zero-order chi connectivity index (χ0) is 19.4. The van der Waals surface area contributed by atoms with Crippen LogP contribution in [-0.4, -0.2) is 56.7 Å². The van der Waals surface area contributed by atoms with Crippen LogP contribution in [0, 0.1) is 11.6 Å². The molecule has 1 aromatic carbocycles. The molecule has 0 aliphatic heterocycles. The summed E-state index contributed by atoms with van der Waals surface area (Å²) in [6, 6.07) is 3.57. The van der Waals surface area contributed by atoms with Crippen molar-refractivity contribution < 1.29 is 13.5 Å². The van der Waals surface area contributed by atoms with Gasteiger partial charge in [0.15, 0.2) is 17.5 Å². The topological polar surface area (TPSA) is 48.9 Å². The summed E-state index contributed by atoms with van der Waals surface area (Å²) >= 11 is 0. The number of hydrogen-bond acceptors (Lipinski definition) is 3. The Hall–Kier alpha value is -1.89. The molecular weight excluding hydrogens is 338 g/mol. The average Bonchev–Trinajstić information content (AvgIpc) is 2.62. The Morgan fingerprint density at radius 3 is 2.62 bits per heavy atom. The molecule has 2 N–H and O–H groups in total. The van der Waals surface area contributed by atoms with Crippen molar-refractivity contribution in [3.05, 3.63) is 29.8 Å². The van der Waals surface area contributed by atoms with Crippen molar-refractivity contribution in [2.75, 3.05) is 39.8 Å². The lowest BCUT2D eigenvalue weighted by Gasteiger charge is -2.21. The molecule has 5 nitrogen and oxygen atoms in total. The van der Waals surface area contributed by atoms with E-state index < -0.39 is 11.6 Å². The molecule has 0 radical (unpaired) electrons. The van der Waals surface area contributed by atoms with Crippen LogP contribution in [0.1, 0.15) is 33.6 Å². The van der Waals surface area contributed by atoms with Crippen molar-refractivity contribution in [2.24, 2.45) is 4.99 Å². The minimum atomic E-state index is -0.700. The lowest BCUT2D eigenvalue weighted by atomic mass is 10.2. The van der Waals surface area contributed by atoms with Crippen LogP contribution in [0.25, 0.3) is 0 Å². The number of guanidine groups is 1. The highest BCUT2D eigenvalue weighted by Gasteiger charge is 2.07. The van der Waals surface area contributed by atoms with Crippen LogP contribution in [0.15, 0.2) is 23.2 Å². The lowest BCUT2D eigenvalue weighted by Crippen LogP contribution is -2.43. The van der Waals surface area contributed by atoms with E-state index >= 15 is 0 Å². The van der Waals surface area contributed by atoms with Crippen LogP contribution >= 0.6 is 0 Å². The fraction of sp³-hybridized carbons (Fsp3) is 0.632. The molecule has 0 spiro atoms. The summed E-state index contributed by atoms with van der Waals surface area (Å²) in [5.74, 6) is -0.591. The first-order chi connectivity index (χ1) is 12.5. The second-order valence-corrected chi connectivity index (χ2v) is 6.14. The maximum Gasteiger partial charge on any atom is 0.191 e. The highest BCUT2D eigenvalue weighted by Crippen LogP contribution is 2.17. The summed E-state index contributed by atoms with van der Waals surface area (Å²) in [6.07, 6.45) is 2.17. The highest BCUT2D eigenvalue weighted by molar-refractivity contribution is 5.79. The molecule has 0 saturated heterocycles. The first-order valence-electron chi connectivity index (χ1n) is 9.27. The van der Waals surface area contributed by atoms with Crippen molar-refractivity contribution in [1.29, 1.82) is 0 Å². The zero-order valence-corrected chi connectivity index (χ0v) is 16.3. The first-order valence-corrected chi connectivity index (χ1v) is 9.27. The summed E-state index contributed by atoms with van der Waals surface area (Å²) < 4.78 is 31.6. The third-order valence-corrected chi connectivity index (χ3v) is 4.16. The van der Waals surface area contributed by atoms with Crippen molar-refractivity contribution in [3.8, 4) is 5.75 Å². The van der Waals surface area contributed by atoms with Gasteiger partial charge in [0, 0.05) is 19.2 Å². The number of halogens is 2. The molecule has 0 heterocycles. The molecule has 0 amide bonds. The van der Waals surface area contributed by atoms with Crippen LogP contribution in [0.5, 0.6) is 5.75 Å². The van der Waals surface area contributed by atoms with E-state index in [1.54, 1.807) is 7.05 Å². The van der Waals surface area contributed by atoms with Crippen LogP contribution in [0.3, 0.4) is 0 Å². The van der Waals surface area contributed by atoms with E-state index in [9.17, 15) is 8.78 Å². The number of ether oxygens (including phenoxy) is 1. The molecule has 0 aromatic heterocycles. The quantitative estimate of drug-likeness (QED) is 0.357. The van der Waals surface area contributed by atoms with E-state index in [0.717, 1.165) is 38.5 Å². The monoisotopic (exact) mass is 370 g/mol. The van der Waals surface area contributed by atoms with Gasteiger partial charge in [0.05, 0.1) is 6.54 Å². The number of aliphatic imine (C=N–C) groups is 1. The van der Waals surface area contributed by atoms with Gasteiger partial charge < -0.3 is 20.3 Å². The number of hydrogen-bond donors (Lipinski definition) is 2. The summed E-state index contributed by atoms with van der Waals surface area (Å²) in [4.78, 5) is 6.59. The van der Waals surface area contributed by atoms with Crippen molar-refractivity contribution in [1.82, 2.24) is 15.5 Å². The highest BCUT2D eigenvalue weighted by atomic mass is 19.1. The molecule has 26 heavy (non-hydrogen) atoms. The zero-order valence-electron chi connectivity index (χ0n) is 16.3. The molecule has 0 bridgehead atoms. The Morgan fingerprint density at radius 2 is 2.00 bits per heavy atom. The predicted octanol–water partition coefficient (Wildman–Crippen LogP) is 3.02. The Bertz CT molecular complexity index is 550. The Balaban J connectivity index is 2.25. The van der Waals surface area contributed by atoms with Gasteiger partial charge in [-0.2, -0.15) is 0 Å². The smallest absolute Gasteiger partial charge is 0.191 e. The van der Waals surface area contributed by atoms with Gasteiger partial charge in [0.2, 0.25) is 0 Å². The molecule has 1 rings (SSSR count). The largest absolute Gasteiger partial charge is 0.489 e. The molecule has 0 fully saturated rings. The van der Waals surface area contributed by atoms with E-state index in [1.165, 1.54) is 12.1 Å². The number of nitrogens with zero attached hydrogens (tertiary/aromatic N) is 2. The van der Waals surface area contributed by atoms with E-state index in [-0.39, 0.29) is 12.4 Å². The Kier molecular flexibility index (Phi) is 10.6. The average molecular weight is 370 g/mol. The standard InChI is InChI=1S/C19H32F2N4O/c1-5-25(6-2)12-7-8-15(3)24-19(22-4)23-11-13-26-18-10-9-16(20)14-17(18)21/h9-10,14-15H,5-8,11-13H2,1-4H3,(H2,22,23,24). The van der Waals surface area contributed by atoms with Crippen LogP contribution in [0.4, 0.5) is 8.78 Å². The third kappa shape index (κ3) is 8.47. The fourth-order valence-electron chi connectivity index (χ4n) is 2.58. The van der Waals surface area contributed by atoms with Gasteiger partial charge in [-0.3, -0.25) is 4.99 Å². The number of nitrogens with one attached hydrogen (secondary N) is 2. The van der Waals surface area contributed by atoms with Crippen LogP contribution < -0.4 is 15.4 Å². The van der Waals surface area contributed by atoms with Gasteiger partial charge in [-0.15, -0.1) is 0 Å². The van der Waals surface area contributed by atoms with Gasteiger partial charge in [0.25, 0.3) is 0 Å². The summed E-state index contributed by atoms with van der Waals surface area (Å²) in [5.41, 5.74) is 0. The predicted molar refractivity (Wildman–Crippen MR) is 103 cm³/mol. The number of rotatable bonds is 11. The Morgan fingerprint density at radius 1 is 1.27 bits per heavy atom. The molecule has 1 aromatic rings. The third-order valence-electron chi connectivity index (χ3n) is 4.16. The maximum atomic E-state index is 13.5. The van der Waals surface area contributed by atoms with Gasteiger partial charge in [-0.1, -0.05) is 13.8 Å². The molecule has 0 saturated carbocycles. The maximum absolute atomic E-state index is 13.5.